The van der Waals surface area contributed by atoms with Crippen LogP contribution in [0.25, 0.3) is 5.76 Å². The van der Waals surface area contributed by atoms with E-state index in [0.717, 1.165) is 17.5 Å². The number of aromatic nitrogens is 2. The maximum absolute atomic E-state index is 13.3. The molecular weight excluding hydrogens is 545 g/mol. The molecule has 4 aromatic rings. The van der Waals surface area contributed by atoms with Gasteiger partial charge in [0.1, 0.15) is 11.6 Å². The van der Waals surface area contributed by atoms with Crippen LogP contribution < -0.4 is 4.90 Å². The Morgan fingerprint density at radius 1 is 1.00 bits per heavy atom. The van der Waals surface area contributed by atoms with E-state index < -0.39 is 17.7 Å². The molecule has 0 bridgehead atoms. The van der Waals surface area contributed by atoms with E-state index in [9.17, 15) is 19.1 Å². The third kappa shape index (κ3) is 5.22. The normalized spacial score (nSPS) is 16.8. The zero-order chi connectivity index (χ0) is 26.8. The van der Waals surface area contributed by atoms with Crippen molar-refractivity contribution in [2.45, 2.75) is 29.5 Å². The van der Waals surface area contributed by atoms with E-state index in [-0.39, 0.29) is 22.3 Å². The molecule has 192 valence electrons. The molecule has 1 N–H and O–H groups in total. The number of aliphatic hydroxyl groups is 1. The third-order valence-corrected chi connectivity index (χ3v) is 8.52. The van der Waals surface area contributed by atoms with Gasteiger partial charge in [0.05, 0.1) is 11.6 Å². The highest BCUT2D eigenvalue weighted by Gasteiger charge is 2.48. The van der Waals surface area contributed by atoms with Crippen LogP contribution in [0.4, 0.5) is 9.52 Å². The van der Waals surface area contributed by atoms with Crippen molar-refractivity contribution in [2.24, 2.45) is 0 Å². The Kier molecular flexibility index (Phi) is 7.60. The van der Waals surface area contributed by atoms with Crippen molar-refractivity contribution in [1.82, 2.24) is 10.2 Å². The maximum Gasteiger partial charge on any atom is 0.301 e. The lowest BCUT2D eigenvalue weighted by Gasteiger charge is -2.22. The van der Waals surface area contributed by atoms with Gasteiger partial charge in [0.2, 0.25) is 5.13 Å². The summed E-state index contributed by atoms with van der Waals surface area (Å²) in [5.74, 6) is -1.67. The van der Waals surface area contributed by atoms with Gasteiger partial charge in [0, 0.05) is 16.3 Å². The number of ketones is 1. The third-order valence-electron chi connectivity index (χ3n) is 6.14. The molecule has 1 fully saturated rings. The van der Waals surface area contributed by atoms with Crippen molar-refractivity contribution in [1.29, 1.82) is 0 Å². The van der Waals surface area contributed by atoms with Crippen LogP contribution in [-0.4, -0.2) is 27.0 Å². The number of halogens is 2. The highest BCUT2D eigenvalue weighted by atomic mass is 35.5. The van der Waals surface area contributed by atoms with E-state index in [1.165, 1.54) is 40.1 Å². The highest BCUT2D eigenvalue weighted by molar-refractivity contribution is 8.00. The fraction of sp³-hybridized carbons (Fsp3) is 0.143. The number of Topliss-reactive ketones (excluding diaryl/α,β-unsaturated/α-hetero) is 1. The van der Waals surface area contributed by atoms with E-state index in [1.54, 1.807) is 36.4 Å². The molecule has 2 heterocycles. The number of amides is 1. The molecule has 1 unspecified atom stereocenters. The zero-order valence-electron chi connectivity index (χ0n) is 20.1. The molecular formula is C28H21ClFN3O3S2. The van der Waals surface area contributed by atoms with Crippen molar-refractivity contribution >= 4 is 57.3 Å². The molecule has 10 heteroatoms. The number of thioether (sulfide) groups is 1. The summed E-state index contributed by atoms with van der Waals surface area (Å²) >= 11 is 8.57. The van der Waals surface area contributed by atoms with Crippen LogP contribution in [-0.2, 0) is 21.8 Å². The SMILES string of the molecule is CCc1ccc(C2/C(=C(/O)c3ccc(Cl)cc3)C(=O)C(=O)N2c2nnc(SCc3ccc(F)cc3)s2)cc1. The van der Waals surface area contributed by atoms with Crippen molar-refractivity contribution in [3.8, 4) is 0 Å². The Balaban J connectivity index is 1.53. The number of carbonyl (C=O) groups excluding carboxylic acids is 2. The minimum atomic E-state index is -0.889. The van der Waals surface area contributed by atoms with Gasteiger partial charge in [-0.1, -0.05) is 78.0 Å². The van der Waals surface area contributed by atoms with Crippen molar-refractivity contribution in [3.05, 3.63) is 111 Å². The molecule has 0 aliphatic carbocycles. The lowest BCUT2D eigenvalue weighted by molar-refractivity contribution is -0.132. The fourth-order valence-corrected chi connectivity index (χ4v) is 6.08. The van der Waals surface area contributed by atoms with Crippen LogP contribution in [0.1, 0.15) is 35.2 Å². The molecule has 1 saturated heterocycles. The van der Waals surface area contributed by atoms with E-state index in [2.05, 4.69) is 10.2 Å². The standard InChI is InChI=1S/C28H21ClFN3O3S2/c1-2-16-3-7-18(8-4-16)23-22(24(34)19-9-11-20(29)12-10-19)25(35)26(36)33(23)27-31-32-28(38-27)37-15-17-5-13-21(30)14-6-17/h3-14,23,34H,2,15H2,1H3/b24-22-. The number of rotatable bonds is 7. The topological polar surface area (TPSA) is 83.4 Å². The van der Waals surface area contributed by atoms with Crippen LogP contribution in [0.3, 0.4) is 0 Å². The van der Waals surface area contributed by atoms with Gasteiger partial charge in [-0.05, 0) is 59.5 Å². The molecule has 5 rings (SSSR count). The molecule has 0 radical (unpaired) electrons. The average molecular weight is 566 g/mol. The number of benzene rings is 3. The van der Waals surface area contributed by atoms with Gasteiger partial charge in [-0.15, -0.1) is 10.2 Å². The molecule has 0 spiro atoms. The number of anilines is 1. The quantitative estimate of drug-likeness (QED) is 0.0871. The first-order valence-electron chi connectivity index (χ1n) is 11.7. The molecule has 1 aliphatic rings. The second-order valence-electron chi connectivity index (χ2n) is 8.54. The molecule has 1 atom stereocenters. The molecule has 1 amide bonds. The van der Waals surface area contributed by atoms with Gasteiger partial charge >= 0.3 is 5.91 Å². The van der Waals surface area contributed by atoms with E-state index >= 15 is 0 Å². The van der Waals surface area contributed by atoms with Gasteiger partial charge in [0.25, 0.3) is 5.78 Å². The molecule has 1 aliphatic heterocycles. The molecule has 0 saturated carbocycles. The Bertz CT molecular complexity index is 1520. The first-order chi connectivity index (χ1) is 18.4. The second kappa shape index (κ2) is 11.1. The van der Waals surface area contributed by atoms with E-state index in [4.69, 9.17) is 11.6 Å². The highest BCUT2D eigenvalue weighted by Crippen LogP contribution is 2.44. The van der Waals surface area contributed by atoms with Crippen molar-refractivity contribution in [3.63, 3.8) is 0 Å². The summed E-state index contributed by atoms with van der Waals surface area (Å²) in [6, 6.07) is 19.2. The predicted octanol–water partition coefficient (Wildman–Crippen LogP) is 6.81. The molecule has 38 heavy (non-hydrogen) atoms. The second-order valence-corrected chi connectivity index (χ2v) is 11.2. The number of carbonyl (C=O) groups is 2. The molecule has 6 nitrogen and oxygen atoms in total. The number of hydrogen-bond donors (Lipinski definition) is 1. The van der Waals surface area contributed by atoms with Crippen LogP contribution in [0.2, 0.25) is 5.02 Å². The first kappa shape index (κ1) is 26.1. The lowest BCUT2D eigenvalue weighted by Crippen LogP contribution is -2.29. The summed E-state index contributed by atoms with van der Waals surface area (Å²) < 4.78 is 13.8. The number of aliphatic hydroxyl groups excluding tert-OH is 1. The number of hydrogen-bond acceptors (Lipinski definition) is 7. The Labute approximate surface area is 231 Å². The summed E-state index contributed by atoms with van der Waals surface area (Å²) in [5, 5.41) is 20.3. The lowest BCUT2D eigenvalue weighted by atomic mass is 9.94. The van der Waals surface area contributed by atoms with Gasteiger partial charge in [-0.3, -0.25) is 14.5 Å². The number of nitrogens with zero attached hydrogens (tertiary/aromatic N) is 3. The van der Waals surface area contributed by atoms with Gasteiger partial charge in [0.15, 0.2) is 4.34 Å². The van der Waals surface area contributed by atoms with Crippen molar-refractivity contribution in [2.75, 3.05) is 4.90 Å². The van der Waals surface area contributed by atoms with E-state index in [0.29, 0.717) is 26.2 Å². The summed E-state index contributed by atoms with van der Waals surface area (Å²) in [6.07, 6.45) is 0.830. The molecule has 3 aromatic carbocycles. The van der Waals surface area contributed by atoms with Gasteiger partial charge in [-0.25, -0.2) is 4.39 Å². The van der Waals surface area contributed by atoms with Crippen LogP contribution >= 0.6 is 34.7 Å². The summed E-state index contributed by atoms with van der Waals surface area (Å²) in [6.45, 7) is 2.04. The van der Waals surface area contributed by atoms with Crippen LogP contribution in [0, 0.1) is 5.82 Å². The van der Waals surface area contributed by atoms with Crippen LogP contribution in [0.15, 0.2) is 82.7 Å². The Morgan fingerprint density at radius 2 is 1.66 bits per heavy atom. The summed E-state index contributed by atoms with van der Waals surface area (Å²) in [4.78, 5) is 27.9. The molecule has 1 aromatic heterocycles. The maximum atomic E-state index is 13.3. The minimum absolute atomic E-state index is 0.0303. The Morgan fingerprint density at radius 3 is 2.32 bits per heavy atom. The fourth-order valence-electron chi connectivity index (χ4n) is 4.13. The number of aryl methyl sites for hydroxylation is 1. The van der Waals surface area contributed by atoms with Gasteiger partial charge < -0.3 is 5.11 Å². The summed E-state index contributed by atoms with van der Waals surface area (Å²) in [7, 11) is 0. The summed E-state index contributed by atoms with van der Waals surface area (Å²) in [5.41, 5.74) is 3.01. The van der Waals surface area contributed by atoms with Gasteiger partial charge in [-0.2, -0.15) is 0 Å². The first-order valence-corrected chi connectivity index (χ1v) is 13.9. The Hall–Kier alpha value is -3.53. The monoisotopic (exact) mass is 565 g/mol. The van der Waals surface area contributed by atoms with Crippen molar-refractivity contribution < 1.29 is 19.1 Å². The predicted molar refractivity (Wildman–Crippen MR) is 148 cm³/mol. The van der Waals surface area contributed by atoms with Crippen LogP contribution in [0.5, 0.6) is 0 Å². The zero-order valence-corrected chi connectivity index (χ0v) is 22.5. The smallest absolute Gasteiger partial charge is 0.301 e. The van der Waals surface area contributed by atoms with E-state index in [1.807, 2.05) is 31.2 Å². The average Bonchev–Trinajstić information content (AvgIpc) is 3.50. The largest absolute Gasteiger partial charge is 0.507 e. The minimum Gasteiger partial charge on any atom is -0.507 e.